The number of hydrogen-bond donors (Lipinski definition) is 0. The smallest absolute Gasteiger partial charge is 0.144 e. The number of carbonyl (C=O) groups excluding carboxylic acids is 1. The van der Waals surface area contributed by atoms with Crippen LogP contribution in [0.3, 0.4) is 0 Å². The third-order valence-electron chi connectivity index (χ3n) is 4.46. The van der Waals surface area contributed by atoms with Gasteiger partial charge in [0.25, 0.3) is 0 Å². The summed E-state index contributed by atoms with van der Waals surface area (Å²) in [7, 11) is 0. The Bertz CT molecular complexity index is 476. The predicted octanol–water partition coefficient (Wildman–Crippen LogP) is 4.64. The van der Waals surface area contributed by atoms with Gasteiger partial charge in [0.1, 0.15) is 17.3 Å². The Morgan fingerprint density at radius 2 is 1.32 bits per heavy atom. The molecule has 0 N–H and O–H groups in total. The van der Waals surface area contributed by atoms with Crippen molar-refractivity contribution in [3.8, 4) is 11.5 Å². The summed E-state index contributed by atoms with van der Waals surface area (Å²) < 4.78 is 11.6. The van der Waals surface area contributed by atoms with Crippen LogP contribution in [0.5, 0.6) is 11.5 Å². The van der Waals surface area contributed by atoms with Crippen LogP contribution < -0.4 is 9.47 Å². The number of carbonyl (C=O) groups is 1. The molecule has 0 fully saturated rings. The lowest BCUT2D eigenvalue weighted by Gasteiger charge is -2.33. The second-order valence-corrected chi connectivity index (χ2v) is 7.48. The molecule has 1 heterocycles. The fraction of sp³-hybridized carbons (Fsp3) is 0.632. The van der Waals surface area contributed by atoms with Gasteiger partial charge in [-0.25, -0.2) is 0 Å². The SMILES string of the molecule is CC1(C)CCCOc2cccc(c2)OCCCC(C)(C)C1=O. The van der Waals surface area contributed by atoms with Crippen LogP contribution in [-0.2, 0) is 4.79 Å². The molecule has 2 bridgehead atoms. The predicted molar refractivity (Wildman–Crippen MR) is 88.5 cm³/mol. The Kier molecular flexibility index (Phi) is 5.15. The molecule has 3 heteroatoms. The lowest BCUT2D eigenvalue weighted by molar-refractivity contribution is -0.136. The minimum atomic E-state index is -0.306. The van der Waals surface area contributed by atoms with Crippen molar-refractivity contribution in [1.29, 1.82) is 0 Å². The molecule has 122 valence electrons. The minimum absolute atomic E-state index is 0.306. The molecule has 0 spiro atoms. The highest BCUT2D eigenvalue weighted by molar-refractivity contribution is 5.89. The first-order valence-corrected chi connectivity index (χ1v) is 8.22. The number of hydrogen-bond acceptors (Lipinski definition) is 3. The molecule has 1 aliphatic rings. The maximum absolute atomic E-state index is 12.8. The molecule has 0 atom stereocenters. The average molecular weight is 304 g/mol. The topological polar surface area (TPSA) is 35.5 Å². The van der Waals surface area contributed by atoms with Crippen LogP contribution in [0.15, 0.2) is 24.3 Å². The van der Waals surface area contributed by atoms with E-state index in [9.17, 15) is 4.79 Å². The van der Waals surface area contributed by atoms with Crippen LogP contribution in [0.1, 0.15) is 53.4 Å². The van der Waals surface area contributed by atoms with E-state index in [4.69, 9.17) is 9.47 Å². The lowest BCUT2D eigenvalue weighted by atomic mass is 9.69. The van der Waals surface area contributed by atoms with Gasteiger partial charge in [-0.3, -0.25) is 4.79 Å². The van der Waals surface area contributed by atoms with Gasteiger partial charge in [-0.15, -0.1) is 0 Å². The lowest BCUT2D eigenvalue weighted by Crippen LogP contribution is -2.37. The molecule has 22 heavy (non-hydrogen) atoms. The maximum atomic E-state index is 12.8. The highest BCUT2D eigenvalue weighted by Crippen LogP contribution is 2.36. The van der Waals surface area contributed by atoms with Crippen LogP contribution in [0, 0.1) is 10.8 Å². The number of fused-ring (bicyclic) bond motifs is 2. The van der Waals surface area contributed by atoms with E-state index in [2.05, 4.69) is 27.7 Å². The monoisotopic (exact) mass is 304 g/mol. The summed E-state index contributed by atoms with van der Waals surface area (Å²) in [5.41, 5.74) is -0.612. The molecule has 0 aromatic heterocycles. The van der Waals surface area contributed by atoms with E-state index in [1.807, 2.05) is 24.3 Å². The number of ether oxygens (including phenoxy) is 2. The molecular weight excluding hydrogens is 276 g/mol. The molecule has 0 saturated heterocycles. The van der Waals surface area contributed by atoms with Crippen molar-refractivity contribution in [1.82, 2.24) is 0 Å². The normalized spacial score (nSPS) is 22.1. The molecule has 1 aromatic carbocycles. The van der Waals surface area contributed by atoms with Gasteiger partial charge in [-0.1, -0.05) is 33.8 Å². The highest BCUT2D eigenvalue weighted by atomic mass is 16.5. The average Bonchev–Trinajstić information content (AvgIpc) is 2.47. The minimum Gasteiger partial charge on any atom is -0.493 e. The second-order valence-electron chi connectivity index (χ2n) is 7.48. The zero-order valence-corrected chi connectivity index (χ0v) is 14.3. The van der Waals surface area contributed by atoms with Gasteiger partial charge in [-0.05, 0) is 37.8 Å². The van der Waals surface area contributed by atoms with E-state index in [0.717, 1.165) is 37.2 Å². The van der Waals surface area contributed by atoms with Gasteiger partial charge in [-0.2, -0.15) is 0 Å². The first-order chi connectivity index (χ1) is 10.3. The van der Waals surface area contributed by atoms with Crippen molar-refractivity contribution in [2.45, 2.75) is 53.4 Å². The summed E-state index contributed by atoms with van der Waals surface area (Å²) >= 11 is 0. The number of Topliss-reactive ketones (excluding diaryl/α,β-unsaturated/α-hetero) is 1. The Morgan fingerprint density at radius 1 is 0.864 bits per heavy atom. The number of rotatable bonds is 0. The molecule has 1 aromatic rings. The Hall–Kier alpha value is -1.51. The van der Waals surface area contributed by atoms with E-state index < -0.39 is 0 Å². The summed E-state index contributed by atoms with van der Waals surface area (Å²) in [4.78, 5) is 12.8. The Morgan fingerprint density at radius 3 is 1.77 bits per heavy atom. The van der Waals surface area contributed by atoms with Gasteiger partial charge < -0.3 is 9.47 Å². The largest absolute Gasteiger partial charge is 0.493 e. The standard InChI is InChI=1S/C19H28O3/c1-18(2)10-6-12-21-15-8-5-9-16(14-15)22-13-7-11-19(3,4)17(18)20/h5,8-9,14H,6-7,10-13H2,1-4H3. The van der Waals surface area contributed by atoms with E-state index in [1.54, 1.807) is 0 Å². The number of ketones is 1. The Balaban J connectivity index is 2.14. The first-order valence-electron chi connectivity index (χ1n) is 8.22. The van der Waals surface area contributed by atoms with Crippen LogP contribution >= 0.6 is 0 Å². The van der Waals surface area contributed by atoms with Crippen molar-refractivity contribution >= 4 is 5.78 Å². The van der Waals surface area contributed by atoms with E-state index >= 15 is 0 Å². The van der Waals surface area contributed by atoms with Crippen molar-refractivity contribution in [3.05, 3.63) is 24.3 Å². The van der Waals surface area contributed by atoms with Crippen molar-refractivity contribution in [2.24, 2.45) is 10.8 Å². The highest BCUT2D eigenvalue weighted by Gasteiger charge is 2.38. The summed E-state index contributed by atoms with van der Waals surface area (Å²) in [5.74, 6) is 2.01. The summed E-state index contributed by atoms with van der Waals surface area (Å²) in [5, 5.41) is 0. The van der Waals surface area contributed by atoms with E-state index in [1.165, 1.54) is 0 Å². The molecule has 0 amide bonds. The fourth-order valence-electron chi connectivity index (χ4n) is 3.21. The van der Waals surface area contributed by atoms with Gasteiger partial charge in [0.15, 0.2) is 0 Å². The third kappa shape index (κ3) is 4.25. The summed E-state index contributed by atoms with van der Waals surface area (Å²) in [6.45, 7) is 9.47. The van der Waals surface area contributed by atoms with Gasteiger partial charge in [0.05, 0.1) is 13.2 Å². The molecule has 0 saturated carbocycles. The maximum Gasteiger partial charge on any atom is 0.144 e. The Labute approximate surface area is 134 Å². The van der Waals surface area contributed by atoms with Gasteiger partial charge in [0.2, 0.25) is 0 Å². The third-order valence-corrected chi connectivity index (χ3v) is 4.46. The zero-order valence-electron chi connectivity index (χ0n) is 14.3. The summed E-state index contributed by atoms with van der Waals surface area (Å²) in [6.07, 6.45) is 3.46. The molecule has 0 radical (unpaired) electrons. The first kappa shape index (κ1) is 16.9. The second kappa shape index (κ2) is 6.72. The van der Waals surface area contributed by atoms with Gasteiger partial charge in [0, 0.05) is 16.9 Å². The molecular formula is C19H28O3. The van der Waals surface area contributed by atoms with E-state index in [0.29, 0.717) is 19.0 Å². The van der Waals surface area contributed by atoms with Crippen molar-refractivity contribution < 1.29 is 14.3 Å². The van der Waals surface area contributed by atoms with Crippen molar-refractivity contribution in [3.63, 3.8) is 0 Å². The van der Waals surface area contributed by atoms with Gasteiger partial charge >= 0.3 is 0 Å². The van der Waals surface area contributed by atoms with Crippen LogP contribution in [0.25, 0.3) is 0 Å². The van der Waals surface area contributed by atoms with Crippen LogP contribution in [0.2, 0.25) is 0 Å². The molecule has 2 rings (SSSR count). The molecule has 0 aliphatic carbocycles. The van der Waals surface area contributed by atoms with Crippen molar-refractivity contribution in [2.75, 3.05) is 13.2 Å². The quantitative estimate of drug-likeness (QED) is 0.700. The van der Waals surface area contributed by atoms with Crippen LogP contribution in [-0.4, -0.2) is 19.0 Å². The fourth-order valence-corrected chi connectivity index (χ4v) is 3.21. The van der Waals surface area contributed by atoms with E-state index in [-0.39, 0.29) is 10.8 Å². The molecule has 3 nitrogen and oxygen atoms in total. The molecule has 1 aliphatic heterocycles. The summed E-state index contributed by atoms with van der Waals surface area (Å²) in [6, 6.07) is 7.78. The molecule has 0 unspecified atom stereocenters. The number of benzene rings is 1. The zero-order chi connectivity index (χ0) is 16.2. The van der Waals surface area contributed by atoms with Crippen LogP contribution in [0.4, 0.5) is 0 Å².